The fourth-order valence-corrected chi connectivity index (χ4v) is 2.27. The van der Waals surface area contributed by atoms with Crippen molar-refractivity contribution in [3.63, 3.8) is 0 Å². The van der Waals surface area contributed by atoms with Gasteiger partial charge in [0.05, 0.1) is 0 Å². The highest BCUT2D eigenvalue weighted by Gasteiger charge is 2.23. The molecule has 0 aliphatic heterocycles. The Morgan fingerprint density at radius 3 is 2.57 bits per heavy atom. The Labute approximate surface area is 87.0 Å². The molecule has 0 radical (unpaired) electrons. The molecule has 0 saturated heterocycles. The number of aromatic carboxylic acids is 1. The zero-order chi connectivity index (χ0) is 10.9. The predicted octanol–water partition coefficient (Wildman–Crippen LogP) is -0.108. The number of sulfonamides is 1. The Kier molecular flexibility index (Phi) is 2.95. The number of nitrogens with two attached hydrogens (primary N) is 1. The van der Waals surface area contributed by atoms with Crippen LogP contribution >= 0.6 is 15.9 Å². The smallest absolute Gasteiger partial charge is 0.371 e. The lowest BCUT2D eigenvalue weighted by molar-refractivity contribution is 0.0661. The molecular formula is C5H5BrN2O5S. The second-order valence-corrected chi connectivity index (χ2v) is 4.58. The van der Waals surface area contributed by atoms with E-state index in [1.807, 2.05) is 0 Å². The van der Waals surface area contributed by atoms with Gasteiger partial charge in [0.1, 0.15) is 4.90 Å². The van der Waals surface area contributed by atoms with Crippen molar-refractivity contribution in [3.05, 3.63) is 16.5 Å². The normalized spacial score (nSPS) is 11.6. The summed E-state index contributed by atoms with van der Waals surface area (Å²) < 4.78 is 26.7. The van der Waals surface area contributed by atoms with Gasteiger partial charge < -0.3 is 9.52 Å². The van der Waals surface area contributed by atoms with Gasteiger partial charge in [-0.15, -0.1) is 4.83 Å². The summed E-state index contributed by atoms with van der Waals surface area (Å²) in [6.07, 6.45) is 0. The maximum absolute atomic E-state index is 11.1. The molecule has 1 aromatic heterocycles. The van der Waals surface area contributed by atoms with Gasteiger partial charge >= 0.3 is 5.97 Å². The number of carboxylic acids is 1. The fourth-order valence-electron chi connectivity index (χ4n) is 0.704. The van der Waals surface area contributed by atoms with Crippen LogP contribution < -0.4 is 10.7 Å². The zero-order valence-electron chi connectivity index (χ0n) is 6.52. The molecule has 7 nitrogen and oxygen atoms in total. The number of hydrogen-bond donors (Lipinski definition) is 3. The number of furan rings is 1. The summed E-state index contributed by atoms with van der Waals surface area (Å²) in [6.45, 7) is 0. The summed E-state index contributed by atoms with van der Waals surface area (Å²) in [5, 5.41) is 8.50. The van der Waals surface area contributed by atoms with Crippen molar-refractivity contribution in [2.75, 3.05) is 0 Å². The molecule has 0 unspecified atom stereocenters. The molecule has 0 atom stereocenters. The molecule has 0 saturated carbocycles. The SMILES string of the molecule is NNS(=O)(=O)c1cc(C(=O)O)oc1Br. The second-order valence-electron chi connectivity index (χ2n) is 2.18. The number of nitrogens with one attached hydrogen (secondary N) is 1. The molecule has 0 aliphatic rings. The standard InChI is InChI=1S/C5H5BrN2O5S/c6-4-3(14(11,12)8-7)1-2(13-4)5(9)10/h1,8H,7H2,(H,9,10). The molecule has 0 bridgehead atoms. The molecule has 14 heavy (non-hydrogen) atoms. The maximum Gasteiger partial charge on any atom is 0.371 e. The van der Waals surface area contributed by atoms with Crippen molar-refractivity contribution in [3.8, 4) is 0 Å². The molecule has 9 heteroatoms. The summed E-state index contributed by atoms with van der Waals surface area (Å²) in [7, 11) is -3.92. The van der Waals surface area contributed by atoms with Gasteiger partial charge in [-0.25, -0.2) is 13.2 Å². The van der Waals surface area contributed by atoms with E-state index in [-0.39, 0.29) is 9.56 Å². The number of hydrazine groups is 1. The van der Waals surface area contributed by atoms with Crippen LogP contribution in [0.5, 0.6) is 0 Å². The Hall–Kier alpha value is -0.900. The van der Waals surface area contributed by atoms with Gasteiger partial charge in [-0.05, 0) is 15.9 Å². The first-order valence-corrected chi connectivity index (χ1v) is 5.41. The average molecular weight is 285 g/mol. The van der Waals surface area contributed by atoms with E-state index in [1.54, 1.807) is 0 Å². The Balaban J connectivity index is 3.31. The van der Waals surface area contributed by atoms with E-state index < -0.39 is 21.8 Å². The minimum Gasteiger partial charge on any atom is -0.475 e. The van der Waals surface area contributed by atoms with Gasteiger partial charge in [0.15, 0.2) is 4.67 Å². The maximum atomic E-state index is 11.1. The summed E-state index contributed by atoms with van der Waals surface area (Å²) in [4.78, 5) is 11.6. The van der Waals surface area contributed by atoms with E-state index in [0.29, 0.717) is 0 Å². The van der Waals surface area contributed by atoms with E-state index in [1.165, 1.54) is 4.83 Å². The first kappa shape index (κ1) is 11.2. The van der Waals surface area contributed by atoms with Crippen LogP contribution in [-0.2, 0) is 10.0 Å². The monoisotopic (exact) mass is 284 g/mol. The number of halogens is 1. The van der Waals surface area contributed by atoms with Crippen molar-refractivity contribution >= 4 is 31.9 Å². The van der Waals surface area contributed by atoms with Crippen molar-refractivity contribution in [2.45, 2.75) is 4.90 Å². The molecule has 1 rings (SSSR count). The number of hydrogen-bond acceptors (Lipinski definition) is 5. The Morgan fingerprint density at radius 2 is 2.21 bits per heavy atom. The minimum atomic E-state index is -3.92. The third kappa shape index (κ3) is 1.95. The molecular weight excluding hydrogens is 280 g/mol. The van der Waals surface area contributed by atoms with Crippen molar-refractivity contribution in [1.29, 1.82) is 0 Å². The number of carboxylic acid groups (broad SMARTS) is 1. The predicted molar refractivity (Wildman–Crippen MR) is 47.9 cm³/mol. The lowest BCUT2D eigenvalue weighted by Gasteiger charge is -1.96. The van der Waals surface area contributed by atoms with Crippen LogP contribution in [0.4, 0.5) is 0 Å². The summed E-state index contributed by atoms with van der Waals surface area (Å²) in [6, 6.07) is 0.849. The van der Waals surface area contributed by atoms with Gasteiger partial charge in [-0.3, -0.25) is 5.84 Å². The fraction of sp³-hybridized carbons (Fsp3) is 0. The highest BCUT2D eigenvalue weighted by molar-refractivity contribution is 9.10. The highest BCUT2D eigenvalue weighted by atomic mass is 79.9. The molecule has 1 aromatic rings. The van der Waals surface area contributed by atoms with Crippen LogP contribution in [0.3, 0.4) is 0 Å². The zero-order valence-corrected chi connectivity index (χ0v) is 8.92. The lowest BCUT2D eigenvalue weighted by Crippen LogP contribution is -2.30. The molecule has 1 heterocycles. The van der Waals surface area contributed by atoms with Crippen LogP contribution in [0.15, 0.2) is 20.0 Å². The molecule has 0 spiro atoms. The third-order valence-electron chi connectivity index (χ3n) is 1.31. The van der Waals surface area contributed by atoms with E-state index >= 15 is 0 Å². The Morgan fingerprint density at radius 1 is 1.64 bits per heavy atom. The molecule has 78 valence electrons. The van der Waals surface area contributed by atoms with Gasteiger partial charge in [0, 0.05) is 6.07 Å². The topological polar surface area (TPSA) is 123 Å². The van der Waals surface area contributed by atoms with E-state index in [2.05, 4.69) is 20.3 Å². The third-order valence-corrected chi connectivity index (χ3v) is 3.35. The van der Waals surface area contributed by atoms with Crippen LogP contribution in [0.1, 0.15) is 10.6 Å². The first-order chi connectivity index (χ1) is 6.38. The average Bonchev–Trinajstić information content (AvgIpc) is 2.48. The van der Waals surface area contributed by atoms with Crippen LogP contribution in [0.25, 0.3) is 0 Å². The van der Waals surface area contributed by atoms with Gasteiger partial charge in [-0.1, -0.05) is 0 Å². The van der Waals surface area contributed by atoms with Crippen LogP contribution in [0, 0.1) is 0 Å². The second kappa shape index (κ2) is 3.69. The van der Waals surface area contributed by atoms with E-state index in [0.717, 1.165) is 6.07 Å². The van der Waals surface area contributed by atoms with Crippen molar-refractivity contribution in [2.24, 2.45) is 5.84 Å². The summed E-state index contributed by atoms with van der Waals surface area (Å²) in [5.74, 6) is 2.88. The van der Waals surface area contributed by atoms with Crippen molar-refractivity contribution in [1.82, 2.24) is 4.83 Å². The summed E-state index contributed by atoms with van der Waals surface area (Å²) in [5.41, 5.74) is 0. The molecule has 0 amide bonds. The number of carbonyl (C=O) groups is 1. The molecule has 4 N–H and O–H groups in total. The lowest BCUT2D eigenvalue weighted by atomic mass is 10.5. The minimum absolute atomic E-state index is 0.215. The number of rotatable bonds is 3. The van der Waals surface area contributed by atoms with Gasteiger partial charge in [0.2, 0.25) is 5.76 Å². The largest absolute Gasteiger partial charge is 0.475 e. The quantitative estimate of drug-likeness (QED) is 0.526. The molecule has 0 aliphatic carbocycles. The van der Waals surface area contributed by atoms with Crippen LogP contribution in [0.2, 0.25) is 0 Å². The van der Waals surface area contributed by atoms with E-state index in [4.69, 9.17) is 10.9 Å². The highest BCUT2D eigenvalue weighted by Crippen LogP contribution is 2.25. The molecule has 0 aromatic carbocycles. The van der Waals surface area contributed by atoms with Crippen molar-refractivity contribution < 1.29 is 22.7 Å². The van der Waals surface area contributed by atoms with Gasteiger partial charge in [-0.2, -0.15) is 0 Å². The van der Waals surface area contributed by atoms with Gasteiger partial charge in [0.25, 0.3) is 10.0 Å². The van der Waals surface area contributed by atoms with E-state index in [9.17, 15) is 13.2 Å². The Bertz CT molecular complexity index is 464. The summed E-state index contributed by atoms with van der Waals surface area (Å²) >= 11 is 2.76. The molecule has 0 fully saturated rings. The van der Waals surface area contributed by atoms with Crippen LogP contribution in [-0.4, -0.2) is 19.5 Å². The first-order valence-electron chi connectivity index (χ1n) is 3.13.